The van der Waals surface area contributed by atoms with E-state index < -0.39 is 0 Å². The molecule has 0 aromatic heterocycles. The Labute approximate surface area is 137 Å². The maximum absolute atomic E-state index is 12.0. The van der Waals surface area contributed by atoms with Crippen LogP contribution in [0.2, 0.25) is 5.02 Å². The summed E-state index contributed by atoms with van der Waals surface area (Å²) in [5.74, 6) is 0. The summed E-state index contributed by atoms with van der Waals surface area (Å²) in [7, 11) is 6.94. The number of halogens is 1. The molecule has 1 aromatic carbocycles. The molecule has 0 aliphatic heterocycles. The number of rotatable bonds is 5. The molecule has 1 aromatic rings. The number of hydrogen-bond acceptors (Lipinski definition) is 2. The van der Waals surface area contributed by atoms with Crippen molar-refractivity contribution in [3.8, 4) is 0 Å². The molecule has 110 valence electrons. The van der Waals surface area contributed by atoms with Crippen LogP contribution in [0.1, 0.15) is 9.28 Å². The summed E-state index contributed by atoms with van der Waals surface area (Å²) in [6.07, 6.45) is 0. The summed E-state index contributed by atoms with van der Waals surface area (Å²) in [5.41, 5.74) is 0.975. The Morgan fingerprint density at radius 1 is 1.05 bits per heavy atom. The van der Waals surface area contributed by atoms with E-state index in [0.717, 1.165) is 5.56 Å². The van der Waals surface area contributed by atoms with Gasteiger partial charge in [-0.15, -0.1) is 0 Å². The fraction of sp³-hybridized carbons (Fsp3) is 0.385. The fourth-order valence-electron chi connectivity index (χ4n) is 1.21. The van der Waals surface area contributed by atoms with Crippen LogP contribution in [-0.4, -0.2) is 77.5 Å². The van der Waals surface area contributed by atoms with Crippen molar-refractivity contribution in [1.82, 2.24) is 9.80 Å². The topological polar surface area (TPSA) is 40.6 Å². The number of carbonyl (C=O) groups is 2. The van der Waals surface area contributed by atoms with Gasteiger partial charge in [0.2, 0.25) is 0 Å². The first-order valence-electron chi connectivity index (χ1n) is 5.82. The molecular weight excluding hydrogens is 410 g/mol. The average molecular weight is 427 g/mol. The molecule has 20 heavy (non-hydrogen) atoms. The van der Waals surface area contributed by atoms with E-state index in [1.165, 1.54) is 0 Å². The second kappa shape index (κ2) is 8.06. The van der Waals surface area contributed by atoms with Crippen LogP contribution in [0.15, 0.2) is 24.3 Å². The molecule has 0 bridgehead atoms. The molecule has 7 heteroatoms. The normalized spacial score (nSPS) is 10.5. The molecule has 0 spiro atoms. The first-order chi connectivity index (χ1) is 9.31. The average Bonchev–Trinajstić information content (AvgIpc) is 2.37. The number of benzene rings is 1. The van der Waals surface area contributed by atoms with Crippen LogP contribution in [0.5, 0.6) is 0 Å². The van der Waals surface area contributed by atoms with Gasteiger partial charge in [-0.1, -0.05) is 0 Å². The summed E-state index contributed by atoms with van der Waals surface area (Å²) in [6.45, 7) is 0. The van der Waals surface area contributed by atoms with Crippen LogP contribution in [0, 0.1) is 0 Å². The van der Waals surface area contributed by atoms with Crippen molar-refractivity contribution in [3.05, 3.63) is 34.9 Å². The van der Waals surface area contributed by atoms with E-state index in [-0.39, 0.29) is 43.2 Å². The summed E-state index contributed by atoms with van der Waals surface area (Å²) >= 11 is 5.40. The van der Waals surface area contributed by atoms with E-state index in [0.29, 0.717) is 5.02 Å². The summed E-state index contributed by atoms with van der Waals surface area (Å²) in [6, 6.07) is 7.44. The van der Waals surface area contributed by atoms with E-state index in [1.807, 2.05) is 18.2 Å². The molecule has 0 saturated carbocycles. The van der Waals surface area contributed by atoms with Crippen LogP contribution in [0.3, 0.4) is 0 Å². The van der Waals surface area contributed by atoms with Gasteiger partial charge < -0.3 is 0 Å². The molecule has 0 unspecified atom stereocenters. The van der Waals surface area contributed by atoms with E-state index in [9.17, 15) is 9.59 Å². The van der Waals surface area contributed by atoms with Gasteiger partial charge in [-0.25, -0.2) is 0 Å². The van der Waals surface area contributed by atoms with E-state index in [4.69, 9.17) is 11.6 Å². The molecule has 0 N–H and O–H groups in total. The SMILES string of the molecule is CN(C)C(=O)[Se]C([Se]C(=O)N(C)C)c1cccc(Cl)c1. The summed E-state index contributed by atoms with van der Waals surface area (Å²) in [4.78, 5) is 27.3. The third-order valence-corrected chi connectivity index (χ3v) is 9.02. The van der Waals surface area contributed by atoms with Crippen molar-refractivity contribution in [2.24, 2.45) is 0 Å². The Kier molecular flexibility index (Phi) is 7.07. The third-order valence-electron chi connectivity index (χ3n) is 2.27. The second-order valence-corrected chi connectivity index (χ2v) is 10.8. The number of amides is 2. The molecule has 0 heterocycles. The summed E-state index contributed by atoms with van der Waals surface area (Å²) in [5, 5.41) is 0.633. The van der Waals surface area contributed by atoms with Crippen LogP contribution in [-0.2, 0) is 0 Å². The van der Waals surface area contributed by atoms with Gasteiger partial charge in [-0.2, -0.15) is 0 Å². The van der Waals surface area contributed by atoms with Gasteiger partial charge in [0.25, 0.3) is 0 Å². The fourth-order valence-corrected chi connectivity index (χ4v) is 6.67. The monoisotopic (exact) mass is 428 g/mol. The Morgan fingerprint density at radius 3 is 1.95 bits per heavy atom. The van der Waals surface area contributed by atoms with E-state index in [1.54, 1.807) is 44.1 Å². The zero-order valence-corrected chi connectivity index (χ0v) is 16.0. The van der Waals surface area contributed by atoms with Crippen molar-refractivity contribution in [2.45, 2.75) is 3.71 Å². The second-order valence-electron chi connectivity index (χ2n) is 4.44. The zero-order valence-electron chi connectivity index (χ0n) is 11.8. The van der Waals surface area contributed by atoms with Crippen molar-refractivity contribution in [2.75, 3.05) is 28.2 Å². The number of carbonyl (C=O) groups excluding carboxylic acids is 2. The van der Waals surface area contributed by atoms with Gasteiger partial charge in [0.05, 0.1) is 0 Å². The van der Waals surface area contributed by atoms with Gasteiger partial charge >= 0.3 is 137 Å². The first kappa shape index (κ1) is 17.5. The van der Waals surface area contributed by atoms with Gasteiger partial charge in [0, 0.05) is 0 Å². The van der Waals surface area contributed by atoms with Crippen molar-refractivity contribution >= 4 is 51.1 Å². The molecule has 0 fully saturated rings. The predicted molar refractivity (Wildman–Crippen MR) is 83.9 cm³/mol. The third kappa shape index (κ3) is 5.47. The Bertz CT molecular complexity index is 473. The van der Waals surface area contributed by atoms with Crippen LogP contribution >= 0.6 is 11.6 Å². The van der Waals surface area contributed by atoms with Gasteiger partial charge in [-0.3, -0.25) is 0 Å². The number of hydrogen-bond donors (Lipinski definition) is 0. The molecule has 4 nitrogen and oxygen atoms in total. The van der Waals surface area contributed by atoms with Gasteiger partial charge in [-0.05, 0) is 0 Å². The van der Waals surface area contributed by atoms with E-state index in [2.05, 4.69) is 0 Å². The zero-order chi connectivity index (χ0) is 15.3. The maximum atomic E-state index is 12.0. The molecular formula is C13H17ClN2O2Se2. The quantitative estimate of drug-likeness (QED) is 0.677. The molecule has 0 aliphatic carbocycles. The molecule has 0 atom stereocenters. The van der Waals surface area contributed by atoms with Crippen LogP contribution in [0.25, 0.3) is 0 Å². The van der Waals surface area contributed by atoms with Crippen molar-refractivity contribution in [3.63, 3.8) is 0 Å². The summed E-state index contributed by atoms with van der Waals surface area (Å²) < 4.78 is -0.0292. The van der Waals surface area contributed by atoms with Crippen LogP contribution in [0.4, 0.5) is 9.59 Å². The molecule has 1 rings (SSSR count). The minimum atomic E-state index is -0.306. The number of nitrogens with zero attached hydrogens (tertiary/aromatic N) is 2. The van der Waals surface area contributed by atoms with Crippen molar-refractivity contribution < 1.29 is 9.59 Å². The Hall–Kier alpha value is -0.511. The first-order valence-corrected chi connectivity index (χ1v) is 9.89. The van der Waals surface area contributed by atoms with Crippen LogP contribution < -0.4 is 0 Å². The van der Waals surface area contributed by atoms with Gasteiger partial charge in [0.1, 0.15) is 0 Å². The Morgan fingerprint density at radius 2 is 1.55 bits per heavy atom. The predicted octanol–water partition coefficient (Wildman–Crippen LogP) is 2.11. The van der Waals surface area contributed by atoms with Gasteiger partial charge in [0.15, 0.2) is 0 Å². The molecule has 2 amide bonds. The minimum absolute atomic E-state index is 0.0292. The van der Waals surface area contributed by atoms with Crippen molar-refractivity contribution in [1.29, 1.82) is 0 Å². The van der Waals surface area contributed by atoms with E-state index >= 15 is 0 Å². The molecule has 0 radical (unpaired) electrons. The standard InChI is InChI=1S/C13H17ClN2O2Se2/c1-15(2)12(17)19-11(20-13(18)16(3)4)9-6-5-7-10(14)8-9/h5-8,11H,1-4H3. The Balaban J connectivity index is 2.95. The molecule has 0 saturated heterocycles. The molecule has 0 aliphatic rings.